The molecule has 5 rings (SSSR count). The molecule has 2 aromatic heterocycles. The van der Waals surface area contributed by atoms with Crippen LogP contribution in [0.15, 0.2) is 41.7 Å². The lowest BCUT2D eigenvalue weighted by molar-refractivity contribution is 0.226. The number of aliphatic imine (C=N–C) groups is 1. The van der Waals surface area contributed by atoms with E-state index in [0.717, 1.165) is 6.07 Å². The van der Waals surface area contributed by atoms with Gasteiger partial charge in [0.25, 0.3) is 0 Å². The van der Waals surface area contributed by atoms with E-state index in [1.54, 1.807) is 6.07 Å². The molecule has 12 heteroatoms. The molecule has 5 N–H and O–H groups in total. The molecule has 34 heavy (non-hydrogen) atoms. The molecule has 1 aliphatic carbocycles. The highest BCUT2D eigenvalue weighted by molar-refractivity contribution is 8.26. The van der Waals surface area contributed by atoms with Crippen molar-refractivity contribution in [1.82, 2.24) is 15.0 Å². The van der Waals surface area contributed by atoms with Crippen LogP contribution in [-0.4, -0.2) is 47.3 Å². The van der Waals surface area contributed by atoms with Crippen LogP contribution in [-0.2, 0) is 5.54 Å². The van der Waals surface area contributed by atoms with Gasteiger partial charge in [-0.05, 0) is 50.5 Å². The summed E-state index contributed by atoms with van der Waals surface area (Å²) in [5.41, 5.74) is 3.17. The van der Waals surface area contributed by atoms with Crippen molar-refractivity contribution in [2.24, 2.45) is 10.7 Å². The van der Waals surface area contributed by atoms with E-state index in [1.807, 2.05) is 0 Å². The molecule has 0 bridgehead atoms. The first-order valence-electron chi connectivity index (χ1n) is 10.6. The third-order valence-corrected chi connectivity index (χ3v) is 9.51. The maximum absolute atomic E-state index is 15.7. The van der Waals surface area contributed by atoms with E-state index in [1.165, 1.54) is 38.6 Å². The number of ether oxygens (including phenoxy) is 1. The molecule has 1 fully saturated rings. The Kier molecular flexibility index (Phi) is 5.15. The van der Waals surface area contributed by atoms with Gasteiger partial charge < -0.3 is 15.8 Å². The van der Waals surface area contributed by atoms with E-state index in [-0.39, 0.29) is 11.4 Å². The molecular formula is C22H24F2N6O3S. The highest BCUT2D eigenvalue weighted by Gasteiger charge is 2.63. The fourth-order valence-electron chi connectivity index (χ4n) is 4.56. The van der Waals surface area contributed by atoms with Gasteiger partial charge in [-0.2, -0.15) is 0 Å². The lowest BCUT2D eigenvalue weighted by Gasteiger charge is -2.61. The van der Waals surface area contributed by atoms with Gasteiger partial charge in [0.2, 0.25) is 11.4 Å². The summed E-state index contributed by atoms with van der Waals surface area (Å²) in [5, 5.41) is 3.05. The summed E-state index contributed by atoms with van der Waals surface area (Å²) >= 11 is 0. The normalized spacial score (nSPS) is 25.9. The van der Waals surface area contributed by atoms with Crippen molar-refractivity contribution in [3.8, 4) is 5.88 Å². The molecule has 0 saturated heterocycles. The van der Waals surface area contributed by atoms with Crippen molar-refractivity contribution >= 4 is 39.0 Å². The SMILES string of the molecule is COc1cnc2c(Nc3ccc(F)c([C@@]4(C)N=C(N)C5(CCC5)S(O)(O)C4F)c3)nccc2n1. The second-order valence-corrected chi connectivity index (χ2v) is 11.0. The molecule has 0 amide bonds. The zero-order valence-electron chi connectivity index (χ0n) is 18.5. The summed E-state index contributed by atoms with van der Waals surface area (Å²) in [4.78, 5) is 17.2. The Morgan fingerprint density at radius 2 is 2.00 bits per heavy atom. The van der Waals surface area contributed by atoms with Gasteiger partial charge in [-0.1, -0.05) is 0 Å². The minimum atomic E-state index is -3.85. The lowest BCUT2D eigenvalue weighted by atomic mass is 9.82. The van der Waals surface area contributed by atoms with Gasteiger partial charge in [0.05, 0.1) is 18.8 Å². The first-order valence-corrected chi connectivity index (χ1v) is 12.2. The smallest absolute Gasteiger partial charge is 0.232 e. The van der Waals surface area contributed by atoms with Crippen molar-refractivity contribution in [3.05, 3.63) is 48.0 Å². The molecule has 1 saturated carbocycles. The van der Waals surface area contributed by atoms with Crippen molar-refractivity contribution in [1.29, 1.82) is 0 Å². The number of hydrogen-bond acceptors (Lipinski definition) is 9. The van der Waals surface area contributed by atoms with E-state index in [9.17, 15) is 9.11 Å². The van der Waals surface area contributed by atoms with Crippen LogP contribution in [0.4, 0.5) is 20.3 Å². The molecule has 2 aliphatic rings. The molecule has 3 heterocycles. The van der Waals surface area contributed by atoms with Crippen LogP contribution >= 0.6 is 10.6 Å². The van der Waals surface area contributed by atoms with Crippen LogP contribution in [0.2, 0.25) is 0 Å². The summed E-state index contributed by atoms with van der Waals surface area (Å²) in [6.45, 7) is 1.32. The van der Waals surface area contributed by atoms with Crippen LogP contribution in [0.1, 0.15) is 31.7 Å². The van der Waals surface area contributed by atoms with Gasteiger partial charge in [0.15, 0.2) is 5.82 Å². The summed E-state index contributed by atoms with van der Waals surface area (Å²) in [6, 6.07) is 5.64. The van der Waals surface area contributed by atoms with Crippen molar-refractivity contribution in [2.75, 3.05) is 12.4 Å². The Balaban J connectivity index is 1.56. The van der Waals surface area contributed by atoms with Gasteiger partial charge in [-0.3, -0.25) is 14.1 Å². The highest BCUT2D eigenvalue weighted by atomic mass is 32.3. The molecule has 9 nitrogen and oxygen atoms in total. The van der Waals surface area contributed by atoms with Gasteiger partial charge in [0.1, 0.15) is 27.5 Å². The van der Waals surface area contributed by atoms with Crippen LogP contribution in [0.3, 0.4) is 0 Å². The summed E-state index contributed by atoms with van der Waals surface area (Å²) in [6.07, 6.45) is 4.34. The van der Waals surface area contributed by atoms with E-state index in [0.29, 0.717) is 47.7 Å². The van der Waals surface area contributed by atoms with Crippen molar-refractivity contribution < 1.29 is 22.6 Å². The number of aromatic nitrogens is 3. The summed E-state index contributed by atoms with van der Waals surface area (Å²) in [5.74, 6) is -0.113. The van der Waals surface area contributed by atoms with E-state index < -0.39 is 32.2 Å². The van der Waals surface area contributed by atoms with Gasteiger partial charge in [-0.15, -0.1) is 10.6 Å². The number of pyridine rings is 1. The van der Waals surface area contributed by atoms with Gasteiger partial charge in [0, 0.05) is 17.4 Å². The Morgan fingerprint density at radius 3 is 2.68 bits per heavy atom. The van der Waals surface area contributed by atoms with Crippen LogP contribution in [0.5, 0.6) is 5.88 Å². The number of nitrogens with one attached hydrogen (secondary N) is 1. The Hall–Kier alpha value is -3.09. The van der Waals surface area contributed by atoms with Gasteiger partial charge >= 0.3 is 0 Å². The molecule has 1 unspecified atom stereocenters. The topological polar surface area (TPSA) is 139 Å². The lowest BCUT2D eigenvalue weighted by Crippen LogP contribution is -2.61. The maximum Gasteiger partial charge on any atom is 0.232 e. The number of fused-ring (bicyclic) bond motifs is 1. The molecule has 0 radical (unpaired) electrons. The zero-order valence-corrected chi connectivity index (χ0v) is 19.3. The first kappa shape index (κ1) is 22.7. The predicted molar refractivity (Wildman–Crippen MR) is 127 cm³/mol. The Bertz CT molecular complexity index is 1320. The second kappa shape index (κ2) is 7.72. The highest BCUT2D eigenvalue weighted by Crippen LogP contribution is 2.70. The molecule has 180 valence electrons. The molecule has 2 atom stereocenters. The predicted octanol–water partition coefficient (Wildman–Crippen LogP) is 4.47. The number of nitrogens with two attached hydrogens (primary N) is 1. The largest absolute Gasteiger partial charge is 0.480 e. The van der Waals surface area contributed by atoms with E-state index in [4.69, 9.17) is 10.5 Å². The Labute approximate surface area is 195 Å². The van der Waals surface area contributed by atoms with Crippen molar-refractivity contribution in [3.63, 3.8) is 0 Å². The minimum Gasteiger partial charge on any atom is -0.480 e. The van der Waals surface area contributed by atoms with Gasteiger partial charge in [-0.25, -0.2) is 23.7 Å². The number of methoxy groups -OCH3 is 1. The third-order valence-electron chi connectivity index (χ3n) is 6.71. The van der Waals surface area contributed by atoms with Crippen molar-refractivity contribution in [2.45, 2.75) is 42.0 Å². The maximum atomic E-state index is 15.7. The number of alkyl halides is 1. The number of halogens is 2. The molecule has 1 aromatic carbocycles. The third kappa shape index (κ3) is 3.12. The molecule has 1 spiro atoms. The number of amidine groups is 1. The monoisotopic (exact) mass is 490 g/mol. The fourth-order valence-corrected chi connectivity index (χ4v) is 7.02. The molecular weight excluding hydrogens is 466 g/mol. The minimum absolute atomic E-state index is 0.0483. The van der Waals surface area contributed by atoms with E-state index in [2.05, 4.69) is 25.3 Å². The number of hydrogen-bond donors (Lipinski definition) is 4. The molecule has 1 aliphatic heterocycles. The number of nitrogens with zero attached hydrogens (tertiary/aromatic N) is 4. The van der Waals surface area contributed by atoms with Crippen LogP contribution < -0.4 is 15.8 Å². The van der Waals surface area contributed by atoms with E-state index >= 15 is 8.78 Å². The van der Waals surface area contributed by atoms with Crippen LogP contribution in [0, 0.1) is 5.82 Å². The average Bonchev–Trinajstić information content (AvgIpc) is 2.77. The number of benzene rings is 1. The summed E-state index contributed by atoms with van der Waals surface area (Å²) in [7, 11) is -2.36. The molecule has 3 aromatic rings. The number of rotatable bonds is 4. The zero-order chi connectivity index (χ0) is 24.3. The van der Waals surface area contributed by atoms with Crippen LogP contribution in [0.25, 0.3) is 11.0 Å². The Morgan fingerprint density at radius 1 is 1.24 bits per heavy atom. The summed E-state index contributed by atoms with van der Waals surface area (Å²) < 4.78 is 56.3. The standard InChI is InChI=1S/C22H24F2N6O3S/c1-21(19(24)34(31,32)22(7-3-8-22)20(25)30-21)13-10-12(4-5-14(13)23)28-18-17-15(6-9-26-18)29-16(33-2)11-27-17/h4-6,9-11,19,31-32H,3,7-8H2,1-2H3,(H2,25,30)(H,26,28)/t19?,21-/m1/s1. The second-order valence-electron chi connectivity index (χ2n) is 8.66. The fraction of sp³-hybridized carbons (Fsp3) is 0.364. The average molecular weight is 491 g/mol. The first-order chi connectivity index (χ1) is 16.1. The number of anilines is 2. The quantitative estimate of drug-likeness (QED) is 0.420.